The fourth-order valence-electron chi connectivity index (χ4n) is 5.86. The Kier molecular flexibility index (Phi) is 5.43. The number of esters is 1. The molecule has 4 rings (SSSR count). The second-order valence-corrected chi connectivity index (χ2v) is 9.33. The van der Waals surface area contributed by atoms with Gasteiger partial charge in [-0.15, -0.1) is 0 Å². The van der Waals surface area contributed by atoms with Gasteiger partial charge in [-0.3, -0.25) is 9.69 Å². The number of hydrogen-bond donors (Lipinski definition) is 0. The van der Waals surface area contributed by atoms with Crippen LogP contribution in [0.15, 0.2) is 11.6 Å². The van der Waals surface area contributed by atoms with E-state index in [4.69, 9.17) is 9.47 Å². The number of piperazine rings is 1. The van der Waals surface area contributed by atoms with Gasteiger partial charge in [-0.25, -0.2) is 4.79 Å². The van der Waals surface area contributed by atoms with E-state index < -0.39 is 0 Å². The third-order valence-corrected chi connectivity index (χ3v) is 7.43. The van der Waals surface area contributed by atoms with Crippen molar-refractivity contribution in [2.75, 3.05) is 39.3 Å². The molecule has 0 unspecified atom stereocenters. The van der Waals surface area contributed by atoms with E-state index in [1.54, 1.807) is 10.5 Å². The highest BCUT2D eigenvalue weighted by Gasteiger charge is 2.52. The maximum Gasteiger partial charge on any atom is 0.409 e. The van der Waals surface area contributed by atoms with Gasteiger partial charge in [0.2, 0.25) is 0 Å². The molecule has 5 atom stereocenters. The van der Waals surface area contributed by atoms with Crippen molar-refractivity contribution in [3.05, 3.63) is 11.6 Å². The molecular weight excluding hydrogens is 356 g/mol. The number of hydrogen-bond acceptors (Lipinski definition) is 5. The van der Waals surface area contributed by atoms with Gasteiger partial charge in [0.1, 0.15) is 6.10 Å². The van der Waals surface area contributed by atoms with E-state index in [0.29, 0.717) is 25.6 Å². The lowest BCUT2D eigenvalue weighted by molar-refractivity contribution is -0.145. The Morgan fingerprint density at radius 2 is 2.07 bits per heavy atom. The molecule has 2 aliphatic heterocycles. The Morgan fingerprint density at radius 1 is 1.32 bits per heavy atom. The molecule has 1 saturated carbocycles. The van der Waals surface area contributed by atoms with Gasteiger partial charge in [0, 0.05) is 38.6 Å². The summed E-state index contributed by atoms with van der Waals surface area (Å²) >= 11 is 0. The van der Waals surface area contributed by atoms with Gasteiger partial charge in [-0.1, -0.05) is 31.9 Å². The second-order valence-electron chi connectivity index (χ2n) is 9.33. The van der Waals surface area contributed by atoms with Crippen LogP contribution in [0.5, 0.6) is 0 Å². The quantitative estimate of drug-likeness (QED) is 0.547. The van der Waals surface area contributed by atoms with Crippen LogP contribution >= 0.6 is 0 Å². The topological polar surface area (TPSA) is 59.1 Å². The molecule has 0 spiro atoms. The minimum absolute atomic E-state index is 0.0328. The van der Waals surface area contributed by atoms with Crippen molar-refractivity contribution in [2.45, 2.75) is 52.6 Å². The SMILES string of the molecule is CCOC(=O)N1CCN(C[C@H]2C(=O)O[C@@H]3C[C@@]4(C)CCC[C@H](C)C4=C[C@@H]32)CC1. The number of amides is 1. The zero-order valence-electron chi connectivity index (χ0n) is 17.5. The smallest absolute Gasteiger partial charge is 0.409 e. The van der Waals surface area contributed by atoms with Crippen LogP contribution in [0, 0.1) is 23.2 Å². The first-order chi connectivity index (χ1) is 13.4. The molecule has 0 N–H and O–H groups in total. The van der Waals surface area contributed by atoms with E-state index >= 15 is 0 Å². The highest BCUT2D eigenvalue weighted by molar-refractivity contribution is 5.76. The first-order valence-electron chi connectivity index (χ1n) is 11.0. The van der Waals surface area contributed by atoms with Crippen molar-refractivity contribution < 1.29 is 19.1 Å². The molecule has 0 aromatic heterocycles. The Labute approximate surface area is 168 Å². The van der Waals surface area contributed by atoms with Gasteiger partial charge < -0.3 is 14.4 Å². The first-order valence-corrected chi connectivity index (χ1v) is 11.0. The van der Waals surface area contributed by atoms with Crippen molar-refractivity contribution in [1.82, 2.24) is 9.80 Å². The lowest BCUT2D eigenvalue weighted by Gasteiger charge is -2.46. The molecule has 0 aromatic rings. The summed E-state index contributed by atoms with van der Waals surface area (Å²) < 4.78 is 11.0. The van der Waals surface area contributed by atoms with Crippen molar-refractivity contribution in [1.29, 1.82) is 0 Å². The highest BCUT2D eigenvalue weighted by atomic mass is 16.6. The van der Waals surface area contributed by atoms with Crippen LogP contribution in [0.2, 0.25) is 0 Å². The van der Waals surface area contributed by atoms with E-state index in [-0.39, 0.29) is 35.4 Å². The molecule has 2 heterocycles. The van der Waals surface area contributed by atoms with Crippen molar-refractivity contribution in [3.63, 3.8) is 0 Å². The van der Waals surface area contributed by atoms with Crippen LogP contribution < -0.4 is 0 Å². The molecule has 0 bridgehead atoms. The first kappa shape index (κ1) is 19.7. The van der Waals surface area contributed by atoms with Crippen molar-refractivity contribution >= 4 is 12.1 Å². The van der Waals surface area contributed by atoms with Gasteiger partial charge in [0.25, 0.3) is 0 Å². The normalized spacial score (nSPS) is 38.3. The lowest BCUT2D eigenvalue weighted by Crippen LogP contribution is -2.50. The van der Waals surface area contributed by atoms with Gasteiger partial charge >= 0.3 is 12.1 Å². The third kappa shape index (κ3) is 3.56. The maximum absolute atomic E-state index is 12.7. The average Bonchev–Trinajstić information content (AvgIpc) is 2.95. The van der Waals surface area contributed by atoms with Crippen LogP contribution in [0.4, 0.5) is 4.79 Å². The van der Waals surface area contributed by atoms with E-state index in [0.717, 1.165) is 26.1 Å². The maximum atomic E-state index is 12.7. The second kappa shape index (κ2) is 7.69. The summed E-state index contributed by atoms with van der Waals surface area (Å²) in [6, 6.07) is 0. The highest BCUT2D eigenvalue weighted by Crippen LogP contribution is 2.53. The van der Waals surface area contributed by atoms with Gasteiger partial charge in [0.05, 0.1) is 12.5 Å². The van der Waals surface area contributed by atoms with E-state index in [1.165, 1.54) is 19.3 Å². The van der Waals surface area contributed by atoms with Crippen LogP contribution in [0.1, 0.15) is 46.5 Å². The third-order valence-electron chi connectivity index (χ3n) is 7.43. The van der Waals surface area contributed by atoms with Crippen molar-refractivity contribution in [3.8, 4) is 0 Å². The summed E-state index contributed by atoms with van der Waals surface area (Å²) in [7, 11) is 0. The molecule has 2 aliphatic carbocycles. The van der Waals surface area contributed by atoms with Crippen LogP contribution in [0.25, 0.3) is 0 Å². The van der Waals surface area contributed by atoms with Gasteiger partial charge in [-0.05, 0) is 37.5 Å². The molecule has 6 nitrogen and oxygen atoms in total. The number of carbonyl (C=O) groups is 2. The summed E-state index contributed by atoms with van der Waals surface area (Å²) in [5.41, 5.74) is 1.77. The summed E-state index contributed by atoms with van der Waals surface area (Å²) in [5.74, 6) is 0.711. The van der Waals surface area contributed by atoms with E-state index in [1.807, 2.05) is 6.92 Å². The molecule has 1 amide bonds. The average molecular weight is 391 g/mol. The molecule has 28 heavy (non-hydrogen) atoms. The Hall–Kier alpha value is -1.56. The number of allylic oxidation sites excluding steroid dienone is 1. The molecule has 0 aromatic carbocycles. The van der Waals surface area contributed by atoms with Crippen LogP contribution in [-0.4, -0.2) is 67.3 Å². The molecule has 4 aliphatic rings. The fourth-order valence-corrected chi connectivity index (χ4v) is 5.86. The standard InChI is InChI=1S/C22H34N2O4/c1-4-27-21(26)24-10-8-23(9-11-24)14-17-16-12-18-15(2)6-5-7-22(18,3)13-19(16)28-20(17)25/h12,15-17,19H,4-11,13-14H2,1-3H3/t15-,16+,17+,19+,22+/m0/s1. The number of carbonyl (C=O) groups excluding carboxylic acids is 2. The molecule has 3 fully saturated rings. The summed E-state index contributed by atoms with van der Waals surface area (Å²) in [4.78, 5) is 28.7. The summed E-state index contributed by atoms with van der Waals surface area (Å²) in [6.07, 6.45) is 6.95. The van der Waals surface area contributed by atoms with E-state index in [9.17, 15) is 9.59 Å². The van der Waals surface area contributed by atoms with E-state index in [2.05, 4.69) is 24.8 Å². The number of rotatable bonds is 3. The van der Waals surface area contributed by atoms with Crippen LogP contribution in [0.3, 0.4) is 0 Å². The zero-order valence-corrected chi connectivity index (χ0v) is 17.5. The Bertz CT molecular complexity index is 655. The number of nitrogens with zero attached hydrogens (tertiary/aromatic N) is 2. The largest absolute Gasteiger partial charge is 0.461 e. The lowest BCUT2D eigenvalue weighted by atomic mass is 9.59. The fraction of sp³-hybridized carbons (Fsp3) is 0.818. The van der Waals surface area contributed by atoms with Gasteiger partial charge in [0.15, 0.2) is 0 Å². The predicted molar refractivity (Wildman–Crippen MR) is 106 cm³/mol. The monoisotopic (exact) mass is 390 g/mol. The Morgan fingerprint density at radius 3 is 2.79 bits per heavy atom. The molecule has 156 valence electrons. The minimum Gasteiger partial charge on any atom is -0.461 e. The number of fused-ring (bicyclic) bond motifs is 2. The zero-order chi connectivity index (χ0) is 19.9. The molecule has 2 saturated heterocycles. The number of ether oxygens (including phenoxy) is 2. The van der Waals surface area contributed by atoms with Crippen LogP contribution in [-0.2, 0) is 14.3 Å². The molecule has 6 heteroatoms. The van der Waals surface area contributed by atoms with Crippen molar-refractivity contribution in [2.24, 2.45) is 23.2 Å². The summed E-state index contributed by atoms with van der Waals surface area (Å²) in [5, 5.41) is 0. The molecular formula is C22H34N2O4. The van der Waals surface area contributed by atoms with Gasteiger partial charge in [-0.2, -0.15) is 0 Å². The molecule has 0 radical (unpaired) electrons. The summed E-state index contributed by atoms with van der Waals surface area (Å²) in [6.45, 7) is 10.5. The minimum atomic E-state index is -0.231. The Balaban J connectivity index is 1.42. The predicted octanol–water partition coefficient (Wildman–Crippen LogP) is 3.07.